The molecular weight excluding hydrogens is 322 g/mol. The van der Waals surface area contributed by atoms with Gasteiger partial charge in [0.2, 0.25) is 11.8 Å². The zero-order chi connectivity index (χ0) is 18.0. The molecule has 0 radical (unpaired) electrons. The van der Waals surface area contributed by atoms with Crippen LogP contribution in [-0.4, -0.2) is 40.3 Å². The van der Waals surface area contributed by atoms with Gasteiger partial charge in [-0.15, -0.1) is 0 Å². The van der Waals surface area contributed by atoms with Crippen LogP contribution in [0.15, 0.2) is 18.2 Å². The third-order valence-electron chi connectivity index (χ3n) is 4.73. The van der Waals surface area contributed by atoms with Gasteiger partial charge in [0.1, 0.15) is 6.04 Å². The zero-order valence-electron chi connectivity index (χ0n) is 14.2. The summed E-state index contributed by atoms with van der Waals surface area (Å²) < 4.78 is 0. The van der Waals surface area contributed by atoms with Crippen LogP contribution < -0.4 is 10.6 Å². The fourth-order valence-electron chi connectivity index (χ4n) is 3.43. The van der Waals surface area contributed by atoms with Crippen molar-refractivity contribution in [3.05, 3.63) is 29.3 Å². The molecule has 25 heavy (non-hydrogen) atoms. The first-order chi connectivity index (χ1) is 12.0. The number of aliphatic hydroxyl groups is 1. The highest BCUT2D eigenvalue weighted by molar-refractivity contribution is 6.06. The Morgan fingerprint density at radius 2 is 2.08 bits per heavy atom. The number of piperidine rings is 1. The molecule has 134 valence electrons. The molecular formula is C18H23N3O4. The van der Waals surface area contributed by atoms with Gasteiger partial charge in [-0.25, -0.2) is 0 Å². The molecule has 7 heteroatoms. The predicted molar refractivity (Wildman–Crippen MR) is 91.8 cm³/mol. The van der Waals surface area contributed by atoms with Crippen LogP contribution in [-0.2, 0) is 9.59 Å². The highest BCUT2D eigenvalue weighted by atomic mass is 16.3. The van der Waals surface area contributed by atoms with E-state index in [1.54, 1.807) is 12.1 Å². The predicted octanol–water partition coefficient (Wildman–Crippen LogP) is 1.54. The molecule has 2 heterocycles. The molecule has 0 aliphatic carbocycles. The summed E-state index contributed by atoms with van der Waals surface area (Å²) >= 11 is 0. The molecule has 3 rings (SSSR count). The summed E-state index contributed by atoms with van der Waals surface area (Å²) in [5.74, 6) is -1.26. The lowest BCUT2D eigenvalue weighted by atomic mass is 10.0. The van der Waals surface area contributed by atoms with Crippen molar-refractivity contribution >= 4 is 23.4 Å². The monoisotopic (exact) mass is 345 g/mol. The topological polar surface area (TPSA) is 98.7 Å². The van der Waals surface area contributed by atoms with Gasteiger partial charge in [-0.05, 0) is 25.0 Å². The van der Waals surface area contributed by atoms with E-state index in [1.165, 1.54) is 4.90 Å². The first kappa shape index (κ1) is 17.4. The molecule has 0 saturated carbocycles. The van der Waals surface area contributed by atoms with Crippen LogP contribution in [0.3, 0.4) is 0 Å². The maximum absolute atomic E-state index is 12.7. The number of amides is 3. The van der Waals surface area contributed by atoms with E-state index in [0.717, 1.165) is 25.8 Å². The number of hydrogen-bond acceptors (Lipinski definition) is 5. The molecule has 2 aliphatic heterocycles. The van der Waals surface area contributed by atoms with Gasteiger partial charge in [-0.3, -0.25) is 24.6 Å². The number of rotatable bonds is 6. The Labute approximate surface area is 146 Å². The van der Waals surface area contributed by atoms with E-state index in [2.05, 4.69) is 17.6 Å². The minimum absolute atomic E-state index is 0.158. The number of unbranched alkanes of at least 4 members (excludes halogenated alkanes) is 2. The maximum Gasteiger partial charge on any atom is 0.257 e. The lowest BCUT2D eigenvalue weighted by Crippen LogP contribution is -2.53. The van der Waals surface area contributed by atoms with Crippen LogP contribution in [0.5, 0.6) is 0 Å². The molecule has 1 fully saturated rings. The minimum atomic E-state index is -1.19. The number of carbonyl (C=O) groups excluding carboxylic acids is 3. The molecule has 0 bridgehead atoms. The summed E-state index contributed by atoms with van der Waals surface area (Å²) in [5.41, 5.74) is 1.62. The smallest absolute Gasteiger partial charge is 0.257 e. The van der Waals surface area contributed by atoms with Crippen LogP contribution >= 0.6 is 0 Å². The van der Waals surface area contributed by atoms with Crippen molar-refractivity contribution in [3.8, 4) is 0 Å². The Morgan fingerprint density at radius 1 is 1.28 bits per heavy atom. The van der Waals surface area contributed by atoms with E-state index in [4.69, 9.17) is 0 Å². The second-order valence-electron chi connectivity index (χ2n) is 6.45. The number of imide groups is 1. The lowest BCUT2D eigenvalue weighted by molar-refractivity contribution is -0.139. The first-order valence-corrected chi connectivity index (χ1v) is 8.75. The van der Waals surface area contributed by atoms with Crippen molar-refractivity contribution in [3.63, 3.8) is 0 Å². The molecule has 2 aliphatic rings. The molecule has 3 amide bonds. The van der Waals surface area contributed by atoms with E-state index < -0.39 is 18.2 Å². The number of carbonyl (C=O) groups is 3. The molecule has 2 unspecified atom stereocenters. The largest absolute Gasteiger partial charge is 0.385 e. The summed E-state index contributed by atoms with van der Waals surface area (Å²) in [6, 6.07) is 4.42. The van der Waals surface area contributed by atoms with Crippen molar-refractivity contribution in [1.82, 2.24) is 10.2 Å². The quantitative estimate of drug-likeness (QED) is 0.537. The standard InChI is InChI=1S/C18H23N3O4/c1-2-3-4-10-19-12-7-5-6-11-15(12)18(25)21(17(11)24)13-8-9-14(22)20-16(13)23/h5-7,13,18-19,25H,2-4,8-10H2,1H3,(H,20,22,23). The summed E-state index contributed by atoms with van der Waals surface area (Å²) in [6.07, 6.45) is 2.40. The van der Waals surface area contributed by atoms with Gasteiger partial charge in [0, 0.05) is 29.8 Å². The van der Waals surface area contributed by atoms with Crippen molar-refractivity contribution in [2.24, 2.45) is 0 Å². The number of aliphatic hydroxyl groups excluding tert-OH is 1. The van der Waals surface area contributed by atoms with E-state index in [0.29, 0.717) is 16.8 Å². The fourth-order valence-corrected chi connectivity index (χ4v) is 3.43. The minimum Gasteiger partial charge on any atom is -0.385 e. The Balaban J connectivity index is 1.82. The molecule has 0 spiro atoms. The van der Waals surface area contributed by atoms with Crippen molar-refractivity contribution in [2.45, 2.75) is 51.3 Å². The van der Waals surface area contributed by atoms with Crippen molar-refractivity contribution < 1.29 is 19.5 Å². The van der Waals surface area contributed by atoms with Gasteiger partial charge >= 0.3 is 0 Å². The Bertz CT molecular complexity index is 704. The number of nitrogens with zero attached hydrogens (tertiary/aromatic N) is 1. The van der Waals surface area contributed by atoms with Crippen LogP contribution in [0.1, 0.15) is 61.2 Å². The second kappa shape index (κ2) is 7.23. The number of anilines is 1. The summed E-state index contributed by atoms with van der Waals surface area (Å²) in [4.78, 5) is 37.4. The third kappa shape index (κ3) is 3.24. The van der Waals surface area contributed by atoms with Crippen LogP contribution in [0.2, 0.25) is 0 Å². The third-order valence-corrected chi connectivity index (χ3v) is 4.73. The Morgan fingerprint density at radius 3 is 2.80 bits per heavy atom. The zero-order valence-corrected chi connectivity index (χ0v) is 14.2. The SMILES string of the molecule is CCCCCNc1cccc2c1C(O)N(C1CCC(=O)NC1=O)C2=O. The fraction of sp³-hybridized carbons (Fsp3) is 0.500. The summed E-state index contributed by atoms with van der Waals surface area (Å²) in [7, 11) is 0. The van der Waals surface area contributed by atoms with Gasteiger partial charge < -0.3 is 10.4 Å². The number of nitrogens with one attached hydrogen (secondary N) is 2. The van der Waals surface area contributed by atoms with E-state index in [-0.39, 0.29) is 24.7 Å². The molecule has 1 saturated heterocycles. The van der Waals surface area contributed by atoms with E-state index in [1.807, 2.05) is 6.07 Å². The number of hydrogen-bond donors (Lipinski definition) is 3. The number of fused-ring (bicyclic) bond motifs is 1. The summed E-state index contributed by atoms with van der Waals surface area (Å²) in [5, 5.41) is 16.2. The molecule has 0 aromatic heterocycles. The van der Waals surface area contributed by atoms with Gasteiger partial charge in [0.15, 0.2) is 6.23 Å². The van der Waals surface area contributed by atoms with Gasteiger partial charge in [-0.2, -0.15) is 0 Å². The lowest BCUT2D eigenvalue weighted by Gasteiger charge is -2.32. The van der Waals surface area contributed by atoms with E-state index in [9.17, 15) is 19.5 Å². The van der Waals surface area contributed by atoms with Gasteiger partial charge in [-0.1, -0.05) is 25.8 Å². The molecule has 2 atom stereocenters. The molecule has 7 nitrogen and oxygen atoms in total. The second-order valence-corrected chi connectivity index (χ2v) is 6.45. The van der Waals surface area contributed by atoms with Gasteiger partial charge in [0.25, 0.3) is 5.91 Å². The number of benzene rings is 1. The molecule has 1 aromatic carbocycles. The maximum atomic E-state index is 12.7. The van der Waals surface area contributed by atoms with Crippen LogP contribution in [0.4, 0.5) is 5.69 Å². The highest BCUT2D eigenvalue weighted by Gasteiger charge is 2.45. The first-order valence-electron chi connectivity index (χ1n) is 8.75. The Hall–Kier alpha value is -2.41. The molecule has 1 aromatic rings. The highest BCUT2D eigenvalue weighted by Crippen LogP contribution is 2.39. The average molecular weight is 345 g/mol. The normalized spacial score (nSPS) is 22.8. The van der Waals surface area contributed by atoms with E-state index >= 15 is 0 Å². The van der Waals surface area contributed by atoms with Gasteiger partial charge in [0.05, 0.1) is 0 Å². The average Bonchev–Trinajstić information content (AvgIpc) is 2.84. The molecule has 3 N–H and O–H groups in total. The van der Waals surface area contributed by atoms with Crippen molar-refractivity contribution in [2.75, 3.05) is 11.9 Å². The van der Waals surface area contributed by atoms with Crippen LogP contribution in [0.25, 0.3) is 0 Å². The van der Waals surface area contributed by atoms with Crippen molar-refractivity contribution in [1.29, 1.82) is 0 Å². The van der Waals surface area contributed by atoms with Crippen LogP contribution in [0, 0.1) is 0 Å². The Kier molecular flexibility index (Phi) is 5.03. The summed E-state index contributed by atoms with van der Waals surface area (Å²) in [6.45, 7) is 2.88.